The maximum atomic E-state index is 14.5. The van der Waals surface area contributed by atoms with Crippen LogP contribution in [0, 0.1) is 11.6 Å². The van der Waals surface area contributed by atoms with E-state index in [4.69, 9.17) is 9.72 Å². The molecule has 4 aromatic rings. The largest absolute Gasteiger partial charge is 0.491 e. The van der Waals surface area contributed by atoms with Crippen LogP contribution in [0.4, 0.5) is 14.6 Å². The normalized spacial score (nSPS) is 15.4. The Morgan fingerprint density at radius 1 is 1.08 bits per heavy atom. The number of hydrogen-bond acceptors (Lipinski definition) is 7. The Morgan fingerprint density at radius 3 is 2.81 bits per heavy atom. The summed E-state index contributed by atoms with van der Waals surface area (Å²) in [5.74, 6) is 0.745. The Hall–Kier alpha value is -3.86. The summed E-state index contributed by atoms with van der Waals surface area (Å²) in [6.45, 7) is 5.04. The fourth-order valence-electron chi connectivity index (χ4n) is 4.80. The Labute approximate surface area is 216 Å². The van der Waals surface area contributed by atoms with E-state index in [0.717, 1.165) is 52.4 Å². The molecule has 5 heterocycles. The standard InChI is InChI=1S/C26H24F2N6O2S/c1-16(35)32-8-2-9-33(11-10-32)24-6-5-21-25(31-24)18-14-23(37-22(18)7-12-36-21)26-29-15-30-34(26)20-4-3-17(27)13-19(20)28/h3-6,13-15H,2,7-12H2,1H3. The van der Waals surface area contributed by atoms with Crippen molar-refractivity contribution in [1.29, 1.82) is 0 Å². The van der Waals surface area contributed by atoms with E-state index in [9.17, 15) is 13.6 Å². The SMILES string of the molecule is CC(=O)N1CCCN(c2ccc3c(n2)-c2cc(-c4ncnn4-c4ccc(F)cc4F)sc2CCO3)CC1. The van der Waals surface area contributed by atoms with Crippen LogP contribution in [0.15, 0.2) is 42.7 Å². The molecular weight excluding hydrogens is 498 g/mol. The second-order valence-electron chi connectivity index (χ2n) is 9.00. The number of rotatable bonds is 3. The number of ether oxygens (including phenoxy) is 1. The summed E-state index contributed by atoms with van der Waals surface area (Å²) in [6.07, 6.45) is 2.93. The summed E-state index contributed by atoms with van der Waals surface area (Å²) in [5, 5.41) is 4.20. The fourth-order valence-corrected chi connectivity index (χ4v) is 5.92. The number of fused-ring (bicyclic) bond motifs is 3. The van der Waals surface area contributed by atoms with Crippen LogP contribution in [-0.2, 0) is 11.2 Å². The molecule has 1 amide bonds. The summed E-state index contributed by atoms with van der Waals surface area (Å²) in [4.78, 5) is 27.2. The van der Waals surface area contributed by atoms with E-state index in [1.807, 2.05) is 23.1 Å². The van der Waals surface area contributed by atoms with Crippen LogP contribution < -0.4 is 9.64 Å². The molecule has 1 fully saturated rings. The molecule has 0 aliphatic carbocycles. The number of carbonyl (C=O) groups is 1. The Kier molecular flexibility index (Phi) is 6.07. The topological polar surface area (TPSA) is 76.4 Å². The van der Waals surface area contributed by atoms with Gasteiger partial charge >= 0.3 is 0 Å². The first kappa shape index (κ1) is 23.5. The van der Waals surface area contributed by atoms with Gasteiger partial charge < -0.3 is 14.5 Å². The third-order valence-corrected chi connectivity index (χ3v) is 7.86. The van der Waals surface area contributed by atoms with Crippen LogP contribution in [0.1, 0.15) is 18.2 Å². The number of thiophene rings is 1. The molecule has 3 aromatic heterocycles. The van der Waals surface area contributed by atoms with Crippen molar-refractivity contribution in [1.82, 2.24) is 24.6 Å². The molecule has 190 valence electrons. The highest BCUT2D eigenvalue weighted by Crippen LogP contribution is 2.42. The fraction of sp³-hybridized carbons (Fsp3) is 0.308. The predicted octanol–water partition coefficient (Wildman–Crippen LogP) is 4.33. The van der Waals surface area contributed by atoms with Crippen LogP contribution >= 0.6 is 11.3 Å². The van der Waals surface area contributed by atoms with Crippen LogP contribution in [0.3, 0.4) is 0 Å². The summed E-state index contributed by atoms with van der Waals surface area (Å²) in [7, 11) is 0. The van der Waals surface area contributed by atoms with Crippen molar-refractivity contribution in [2.45, 2.75) is 19.8 Å². The molecular formula is C26H24F2N6O2S. The number of amides is 1. The van der Waals surface area contributed by atoms with Crippen molar-refractivity contribution in [3.63, 3.8) is 0 Å². The molecule has 0 radical (unpaired) electrons. The second-order valence-corrected chi connectivity index (χ2v) is 10.1. The Morgan fingerprint density at radius 2 is 1.97 bits per heavy atom. The number of nitrogens with zero attached hydrogens (tertiary/aromatic N) is 6. The van der Waals surface area contributed by atoms with Gasteiger partial charge in [0.15, 0.2) is 11.6 Å². The lowest BCUT2D eigenvalue weighted by atomic mass is 10.1. The van der Waals surface area contributed by atoms with E-state index in [1.165, 1.54) is 34.5 Å². The van der Waals surface area contributed by atoms with Gasteiger partial charge in [0.05, 0.1) is 11.5 Å². The highest BCUT2D eigenvalue weighted by Gasteiger charge is 2.25. The van der Waals surface area contributed by atoms with E-state index < -0.39 is 11.6 Å². The van der Waals surface area contributed by atoms with Gasteiger partial charge in [-0.25, -0.2) is 23.4 Å². The first-order valence-corrected chi connectivity index (χ1v) is 12.9. The molecule has 37 heavy (non-hydrogen) atoms. The van der Waals surface area contributed by atoms with Crippen molar-refractivity contribution in [2.24, 2.45) is 0 Å². The molecule has 0 atom stereocenters. The molecule has 0 saturated carbocycles. The molecule has 1 saturated heterocycles. The lowest BCUT2D eigenvalue weighted by Gasteiger charge is -2.23. The van der Waals surface area contributed by atoms with E-state index in [0.29, 0.717) is 37.7 Å². The number of hydrogen-bond donors (Lipinski definition) is 0. The predicted molar refractivity (Wildman–Crippen MR) is 136 cm³/mol. The highest BCUT2D eigenvalue weighted by atomic mass is 32.1. The minimum atomic E-state index is -0.712. The lowest BCUT2D eigenvalue weighted by Crippen LogP contribution is -2.33. The number of anilines is 1. The van der Waals surface area contributed by atoms with Crippen LogP contribution in [0.5, 0.6) is 5.75 Å². The van der Waals surface area contributed by atoms with Crippen molar-refractivity contribution in [3.8, 4) is 33.4 Å². The van der Waals surface area contributed by atoms with E-state index in [1.54, 1.807) is 6.92 Å². The molecule has 8 nitrogen and oxygen atoms in total. The zero-order valence-electron chi connectivity index (χ0n) is 20.2. The maximum Gasteiger partial charge on any atom is 0.219 e. The van der Waals surface area contributed by atoms with Gasteiger partial charge in [-0.05, 0) is 36.8 Å². The second kappa shape index (κ2) is 9.55. The average Bonchev–Trinajstić information content (AvgIpc) is 3.39. The summed E-state index contributed by atoms with van der Waals surface area (Å²) >= 11 is 1.54. The minimum absolute atomic E-state index is 0.0916. The minimum Gasteiger partial charge on any atom is -0.491 e. The van der Waals surface area contributed by atoms with Crippen molar-refractivity contribution < 1.29 is 18.3 Å². The van der Waals surface area contributed by atoms with E-state index in [-0.39, 0.29) is 11.6 Å². The molecule has 0 unspecified atom stereocenters. The van der Waals surface area contributed by atoms with Gasteiger partial charge in [0.2, 0.25) is 5.91 Å². The maximum absolute atomic E-state index is 14.5. The molecule has 11 heteroatoms. The number of pyridine rings is 1. The van der Waals surface area contributed by atoms with Gasteiger partial charge in [0, 0.05) is 56.0 Å². The molecule has 2 aliphatic heterocycles. The van der Waals surface area contributed by atoms with E-state index in [2.05, 4.69) is 15.0 Å². The number of halogens is 2. The van der Waals surface area contributed by atoms with Gasteiger partial charge in [0.25, 0.3) is 0 Å². The van der Waals surface area contributed by atoms with Crippen molar-refractivity contribution >= 4 is 23.1 Å². The molecule has 0 N–H and O–H groups in total. The summed E-state index contributed by atoms with van der Waals surface area (Å²) < 4.78 is 35.4. The van der Waals surface area contributed by atoms with Gasteiger partial charge in [0.1, 0.15) is 35.1 Å². The monoisotopic (exact) mass is 522 g/mol. The average molecular weight is 523 g/mol. The number of carbonyl (C=O) groups excluding carboxylic acids is 1. The summed E-state index contributed by atoms with van der Waals surface area (Å²) in [5.41, 5.74) is 1.82. The quantitative estimate of drug-likeness (QED) is 0.399. The third-order valence-electron chi connectivity index (χ3n) is 6.67. The molecule has 6 rings (SSSR count). The Balaban J connectivity index is 1.36. The van der Waals surface area contributed by atoms with Gasteiger partial charge in [-0.15, -0.1) is 11.3 Å². The van der Waals surface area contributed by atoms with Gasteiger partial charge in [-0.1, -0.05) is 0 Å². The van der Waals surface area contributed by atoms with Gasteiger partial charge in [-0.2, -0.15) is 5.10 Å². The lowest BCUT2D eigenvalue weighted by molar-refractivity contribution is -0.128. The van der Waals surface area contributed by atoms with E-state index >= 15 is 0 Å². The third kappa shape index (κ3) is 4.43. The number of benzene rings is 1. The zero-order chi connectivity index (χ0) is 25.5. The Bertz CT molecular complexity index is 1490. The zero-order valence-corrected chi connectivity index (χ0v) is 21.0. The molecule has 0 spiro atoms. The van der Waals surface area contributed by atoms with Crippen molar-refractivity contribution in [3.05, 3.63) is 59.2 Å². The molecule has 1 aromatic carbocycles. The van der Waals surface area contributed by atoms with Crippen LogP contribution in [0.2, 0.25) is 0 Å². The first-order chi connectivity index (χ1) is 18.0. The smallest absolute Gasteiger partial charge is 0.219 e. The highest BCUT2D eigenvalue weighted by molar-refractivity contribution is 7.16. The number of aromatic nitrogens is 4. The molecule has 0 bridgehead atoms. The van der Waals surface area contributed by atoms with Gasteiger partial charge in [-0.3, -0.25) is 4.79 Å². The van der Waals surface area contributed by atoms with Crippen LogP contribution in [0.25, 0.3) is 27.6 Å². The van der Waals surface area contributed by atoms with Crippen LogP contribution in [-0.4, -0.2) is 63.3 Å². The first-order valence-electron chi connectivity index (χ1n) is 12.1. The van der Waals surface area contributed by atoms with Crippen molar-refractivity contribution in [2.75, 3.05) is 37.7 Å². The summed E-state index contributed by atoms with van der Waals surface area (Å²) in [6, 6.07) is 9.30. The molecule has 2 aliphatic rings.